The maximum absolute atomic E-state index is 10.5. The van der Waals surface area contributed by atoms with Gasteiger partial charge in [-0.15, -0.1) is 0 Å². The van der Waals surface area contributed by atoms with E-state index in [-0.39, 0.29) is 0 Å². The summed E-state index contributed by atoms with van der Waals surface area (Å²) in [7, 11) is 0. The van der Waals surface area contributed by atoms with Gasteiger partial charge < -0.3 is 10.8 Å². The molecular weight excluding hydrogens is 259 g/mol. The molecule has 0 fully saturated rings. The maximum Gasteiger partial charge on any atom is 0.325 e. The summed E-state index contributed by atoms with van der Waals surface area (Å²) in [4.78, 5) is 14.4. The number of rotatable bonds is 2. The van der Waals surface area contributed by atoms with E-state index in [1.807, 2.05) is 0 Å². The van der Waals surface area contributed by atoms with Crippen LogP contribution in [0.15, 0.2) is 16.9 Å². The molecule has 0 saturated carbocycles. The van der Waals surface area contributed by atoms with Gasteiger partial charge in [-0.2, -0.15) is 0 Å². The Balaban J connectivity index is 3.12. The van der Waals surface area contributed by atoms with Crippen molar-refractivity contribution in [2.24, 2.45) is 5.73 Å². The second-order valence-corrected chi connectivity index (χ2v) is 3.54. The van der Waals surface area contributed by atoms with E-state index in [2.05, 4.69) is 20.9 Å². The van der Waals surface area contributed by atoms with Crippen molar-refractivity contribution < 1.29 is 9.90 Å². The van der Waals surface area contributed by atoms with Crippen molar-refractivity contribution in [3.8, 4) is 0 Å². The molecule has 0 unspecified atom stereocenters. The average Bonchev–Trinajstić information content (AvgIpc) is 2.08. The third-order valence-electron chi connectivity index (χ3n) is 1.43. The second kappa shape index (κ2) is 4.04. The van der Waals surface area contributed by atoms with Crippen molar-refractivity contribution in [3.63, 3.8) is 0 Å². The molecule has 0 spiro atoms. The average molecular weight is 265 g/mol. The zero-order valence-corrected chi connectivity index (χ0v) is 8.71. The van der Waals surface area contributed by atoms with Gasteiger partial charge in [-0.25, -0.2) is 4.98 Å². The summed E-state index contributed by atoms with van der Waals surface area (Å²) in [6, 6.07) is 0.359. The number of nitrogens with two attached hydrogens (primary N) is 1. The summed E-state index contributed by atoms with van der Waals surface area (Å²) in [5.41, 5.74) is 5.74. The van der Waals surface area contributed by atoms with Crippen LogP contribution in [0.1, 0.15) is 11.6 Å². The normalized spacial score (nSPS) is 12.5. The number of carboxylic acids is 1. The number of carbonyl (C=O) groups is 1. The fourth-order valence-corrected chi connectivity index (χ4v) is 1.42. The van der Waals surface area contributed by atoms with E-state index >= 15 is 0 Å². The van der Waals surface area contributed by atoms with Crippen molar-refractivity contribution in [1.82, 2.24) is 4.98 Å². The summed E-state index contributed by atoms with van der Waals surface area (Å²) < 4.78 is 0.395. The molecule has 1 atom stereocenters. The number of nitrogens with zero attached hydrogens (tertiary/aromatic N) is 1. The van der Waals surface area contributed by atoms with E-state index in [1.165, 1.54) is 12.3 Å². The van der Waals surface area contributed by atoms with Crippen LogP contribution in [0.3, 0.4) is 0 Å². The van der Waals surface area contributed by atoms with Crippen LogP contribution in [-0.4, -0.2) is 16.1 Å². The first-order chi connectivity index (χ1) is 6.02. The molecule has 70 valence electrons. The Morgan fingerprint density at radius 3 is 2.92 bits per heavy atom. The second-order valence-electron chi connectivity index (χ2n) is 2.35. The third kappa shape index (κ3) is 2.40. The predicted molar refractivity (Wildman–Crippen MR) is 51.5 cm³/mol. The van der Waals surface area contributed by atoms with Gasteiger partial charge in [-0.3, -0.25) is 4.79 Å². The lowest BCUT2D eigenvalue weighted by atomic mass is 10.1. The minimum absolute atomic E-state index is 0.356. The number of hydrogen-bond donors (Lipinski definition) is 2. The Morgan fingerprint density at radius 2 is 2.38 bits per heavy atom. The van der Waals surface area contributed by atoms with Crippen LogP contribution in [0.2, 0.25) is 5.02 Å². The highest BCUT2D eigenvalue weighted by Crippen LogP contribution is 2.23. The van der Waals surface area contributed by atoms with Crippen LogP contribution in [-0.2, 0) is 4.79 Å². The van der Waals surface area contributed by atoms with Crippen molar-refractivity contribution in [2.45, 2.75) is 6.04 Å². The Kier molecular flexibility index (Phi) is 3.24. The quantitative estimate of drug-likeness (QED) is 0.796. The fraction of sp³-hybridized carbons (Fsp3) is 0.143. The molecule has 4 nitrogen and oxygen atoms in total. The highest BCUT2D eigenvalue weighted by molar-refractivity contribution is 9.10. The first-order valence-corrected chi connectivity index (χ1v) is 4.49. The van der Waals surface area contributed by atoms with Gasteiger partial charge in [0.05, 0.1) is 5.02 Å². The van der Waals surface area contributed by atoms with Gasteiger partial charge >= 0.3 is 5.97 Å². The molecule has 1 aromatic heterocycles. The lowest BCUT2D eigenvalue weighted by Crippen LogP contribution is -2.21. The summed E-state index contributed by atoms with van der Waals surface area (Å²) in [5, 5.41) is 8.99. The molecule has 0 aliphatic rings. The monoisotopic (exact) mass is 264 g/mol. The van der Waals surface area contributed by atoms with Crippen LogP contribution < -0.4 is 5.73 Å². The first-order valence-electron chi connectivity index (χ1n) is 3.31. The van der Waals surface area contributed by atoms with Crippen LogP contribution in [0, 0.1) is 0 Å². The Hall–Kier alpha value is -0.650. The molecule has 0 bridgehead atoms. The van der Waals surface area contributed by atoms with Crippen molar-refractivity contribution in [2.75, 3.05) is 0 Å². The van der Waals surface area contributed by atoms with Gasteiger partial charge in [0.2, 0.25) is 0 Å². The van der Waals surface area contributed by atoms with Crippen LogP contribution >= 0.6 is 27.5 Å². The van der Waals surface area contributed by atoms with Crippen LogP contribution in [0.4, 0.5) is 0 Å². The molecule has 0 aliphatic heterocycles. The Morgan fingerprint density at radius 1 is 1.77 bits per heavy atom. The van der Waals surface area contributed by atoms with Crippen LogP contribution in [0.25, 0.3) is 0 Å². The fourth-order valence-electron chi connectivity index (χ4n) is 0.789. The molecule has 0 saturated heterocycles. The minimum Gasteiger partial charge on any atom is -0.480 e. The lowest BCUT2D eigenvalue weighted by Gasteiger charge is -2.08. The Labute approximate surface area is 87.8 Å². The maximum atomic E-state index is 10.5. The third-order valence-corrected chi connectivity index (χ3v) is 2.30. The predicted octanol–water partition coefficient (Wildman–Crippen LogP) is 1.58. The van der Waals surface area contributed by atoms with E-state index in [9.17, 15) is 4.79 Å². The molecule has 1 heterocycles. The molecule has 0 aromatic carbocycles. The molecule has 1 rings (SSSR count). The van der Waals surface area contributed by atoms with E-state index in [4.69, 9.17) is 22.4 Å². The largest absolute Gasteiger partial charge is 0.480 e. The van der Waals surface area contributed by atoms with Crippen molar-refractivity contribution >= 4 is 33.5 Å². The standard InChI is InChI=1S/C7H6BrClN2O2/c8-6-4(5(10)7(12)13)1-3(9)2-11-6/h1-2,5H,10H2,(H,12,13)/t5-/m0/s1. The highest BCUT2D eigenvalue weighted by Gasteiger charge is 2.18. The molecule has 6 heteroatoms. The van der Waals surface area contributed by atoms with Crippen molar-refractivity contribution in [3.05, 3.63) is 27.5 Å². The van der Waals surface area contributed by atoms with Gasteiger partial charge in [0.1, 0.15) is 10.6 Å². The minimum atomic E-state index is -1.12. The summed E-state index contributed by atoms with van der Waals surface area (Å²) in [5.74, 6) is -1.12. The number of hydrogen-bond acceptors (Lipinski definition) is 3. The number of aromatic nitrogens is 1. The first kappa shape index (κ1) is 10.4. The van der Waals surface area contributed by atoms with Crippen LogP contribution in [0.5, 0.6) is 0 Å². The summed E-state index contributed by atoms with van der Waals surface area (Å²) >= 11 is 8.72. The number of carboxylic acid groups (broad SMARTS) is 1. The number of aliphatic carboxylic acids is 1. The molecular formula is C7H6BrClN2O2. The van der Waals surface area contributed by atoms with Gasteiger partial charge in [0.25, 0.3) is 0 Å². The zero-order chi connectivity index (χ0) is 10.0. The van der Waals surface area contributed by atoms with Crippen molar-refractivity contribution in [1.29, 1.82) is 0 Å². The van der Waals surface area contributed by atoms with Gasteiger partial charge in [0, 0.05) is 11.8 Å². The number of halogens is 2. The van der Waals surface area contributed by atoms with E-state index in [0.717, 1.165) is 0 Å². The SMILES string of the molecule is N[C@H](C(=O)O)c1cc(Cl)cnc1Br. The van der Waals surface area contributed by atoms with E-state index in [0.29, 0.717) is 15.2 Å². The molecule has 0 radical (unpaired) electrons. The molecule has 3 N–H and O–H groups in total. The van der Waals surface area contributed by atoms with E-state index in [1.54, 1.807) is 0 Å². The molecule has 0 amide bonds. The zero-order valence-electron chi connectivity index (χ0n) is 6.37. The molecule has 1 aromatic rings. The smallest absolute Gasteiger partial charge is 0.325 e. The van der Waals surface area contributed by atoms with E-state index < -0.39 is 12.0 Å². The van der Waals surface area contributed by atoms with Gasteiger partial charge in [0.15, 0.2) is 0 Å². The molecule has 13 heavy (non-hydrogen) atoms. The Bertz CT molecular complexity index is 345. The summed E-state index contributed by atoms with van der Waals surface area (Å²) in [6.45, 7) is 0. The number of pyridine rings is 1. The highest BCUT2D eigenvalue weighted by atomic mass is 79.9. The topological polar surface area (TPSA) is 76.2 Å². The lowest BCUT2D eigenvalue weighted by molar-refractivity contribution is -0.138. The summed E-state index contributed by atoms with van der Waals surface area (Å²) in [6.07, 6.45) is 1.41. The van der Waals surface area contributed by atoms with Gasteiger partial charge in [-0.1, -0.05) is 11.6 Å². The molecule has 0 aliphatic carbocycles. The van der Waals surface area contributed by atoms with Gasteiger partial charge in [-0.05, 0) is 22.0 Å².